The summed E-state index contributed by atoms with van der Waals surface area (Å²) in [6.07, 6.45) is 1.72. The van der Waals surface area contributed by atoms with E-state index in [1.165, 1.54) is 0 Å². The summed E-state index contributed by atoms with van der Waals surface area (Å²) in [5.74, 6) is 0.764. The van der Waals surface area contributed by atoms with Gasteiger partial charge >= 0.3 is 0 Å². The van der Waals surface area contributed by atoms with Crippen LogP contribution in [0.15, 0.2) is 18.2 Å². The van der Waals surface area contributed by atoms with Crippen molar-refractivity contribution in [3.05, 3.63) is 28.8 Å². The van der Waals surface area contributed by atoms with E-state index in [0.717, 1.165) is 17.7 Å². The molecule has 0 fully saturated rings. The molecule has 0 aliphatic carbocycles. The zero-order valence-electron chi connectivity index (χ0n) is 10.3. The van der Waals surface area contributed by atoms with Gasteiger partial charge in [-0.25, -0.2) is 0 Å². The molecule has 1 aromatic carbocycles. The molecule has 96 valence electrons. The Morgan fingerprint density at radius 3 is 2.76 bits per heavy atom. The maximum absolute atomic E-state index is 9.89. The average Bonchev–Trinajstić information content (AvgIpc) is 2.29. The smallest absolute Gasteiger partial charge is 0.122 e. The highest BCUT2D eigenvalue weighted by Crippen LogP contribution is 2.24. The van der Waals surface area contributed by atoms with Crippen LogP contribution in [0, 0.1) is 0 Å². The lowest BCUT2D eigenvalue weighted by Gasteiger charge is -2.13. The summed E-state index contributed by atoms with van der Waals surface area (Å²) >= 11 is 5.93. The minimum Gasteiger partial charge on any atom is -0.496 e. The van der Waals surface area contributed by atoms with Crippen LogP contribution in [0.3, 0.4) is 0 Å². The van der Waals surface area contributed by atoms with Crippen molar-refractivity contribution in [3.63, 3.8) is 0 Å². The van der Waals surface area contributed by atoms with E-state index in [0.29, 0.717) is 24.5 Å². The van der Waals surface area contributed by atoms with E-state index in [9.17, 15) is 5.11 Å². The number of benzene rings is 1. The maximum Gasteiger partial charge on any atom is 0.122 e. The molecule has 0 amide bonds. The summed E-state index contributed by atoms with van der Waals surface area (Å²) in [6, 6.07) is 5.43. The highest BCUT2D eigenvalue weighted by molar-refractivity contribution is 6.30. The molecule has 0 aliphatic rings. The quantitative estimate of drug-likeness (QED) is 0.765. The van der Waals surface area contributed by atoms with Gasteiger partial charge in [-0.15, -0.1) is 0 Å². The molecule has 0 bridgehead atoms. The number of methoxy groups -OCH3 is 2. The molecule has 1 atom stereocenters. The molecular formula is C13H19ClO3. The highest BCUT2D eigenvalue weighted by atomic mass is 35.5. The molecule has 0 radical (unpaired) electrons. The topological polar surface area (TPSA) is 38.7 Å². The fourth-order valence-corrected chi connectivity index (χ4v) is 1.92. The van der Waals surface area contributed by atoms with Crippen molar-refractivity contribution in [1.82, 2.24) is 0 Å². The van der Waals surface area contributed by atoms with E-state index in [1.807, 2.05) is 12.1 Å². The van der Waals surface area contributed by atoms with Gasteiger partial charge in [-0.3, -0.25) is 0 Å². The first-order chi connectivity index (χ1) is 8.17. The normalized spacial score (nSPS) is 12.5. The van der Waals surface area contributed by atoms with Gasteiger partial charge < -0.3 is 14.6 Å². The lowest BCUT2D eigenvalue weighted by Crippen LogP contribution is -2.12. The Bertz CT molecular complexity index is 341. The third-order valence-corrected chi connectivity index (χ3v) is 2.82. The van der Waals surface area contributed by atoms with Crippen molar-refractivity contribution < 1.29 is 14.6 Å². The number of aliphatic hydroxyl groups excluding tert-OH is 1. The molecule has 0 saturated carbocycles. The van der Waals surface area contributed by atoms with E-state index >= 15 is 0 Å². The van der Waals surface area contributed by atoms with Gasteiger partial charge in [-0.1, -0.05) is 11.6 Å². The number of aliphatic hydroxyl groups is 1. The first-order valence-corrected chi connectivity index (χ1v) is 6.04. The lowest BCUT2D eigenvalue weighted by molar-refractivity contribution is 0.134. The molecule has 4 heteroatoms. The summed E-state index contributed by atoms with van der Waals surface area (Å²) < 4.78 is 10.2. The van der Waals surface area contributed by atoms with Gasteiger partial charge in [0.15, 0.2) is 0 Å². The molecule has 1 aromatic rings. The molecular weight excluding hydrogens is 240 g/mol. The summed E-state index contributed by atoms with van der Waals surface area (Å²) in [6.45, 7) is 0.670. The Labute approximate surface area is 107 Å². The van der Waals surface area contributed by atoms with Crippen LogP contribution in [0.2, 0.25) is 5.02 Å². The van der Waals surface area contributed by atoms with Crippen molar-refractivity contribution >= 4 is 11.6 Å². The Balaban J connectivity index is 2.57. The number of hydrogen-bond donors (Lipinski definition) is 1. The number of ether oxygens (including phenoxy) is 2. The van der Waals surface area contributed by atoms with Crippen LogP contribution >= 0.6 is 11.6 Å². The zero-order valence-corrected chi connectivity index (χ0v) is 11.0. The van der Waals surface area contributed by atoms with Crippen LogP contribution in [0.5, 0.6) is 5.75 Å². The summed E-state index contributed by atoms with van der Waals surface area (Å²) in [5, 5.41) is 10.5. The van der Waals surface area contributed by atoms with Crippen molar-refractivity contribution in [1.29, 1.82) is 0 Å². The summed E-state index contributed by atoms with van der Waals surface area (Å²) in [7, 11) is 3.27. The van der Waals surface area contributed by atoms with Gasteiger partial charge in [0.1, 0.15) is 5.75 Å². The van der Waals surface area contributed by atoms with Crippen LogP contribution in [0.1, 0.15) is 18.4 Å². The Kier molecular flexibility index (Phi) is 6.34. The van der Waals surface area contributed by atoms with Crippen LogP contribution < -0.4 is 4.74 Å². The predicted octanol–water partition coefficient (Wildman–Crippen LogP) is 2.68. The van der Waals surface area contributed by atoms with Crippen molar-refractivity contribution in [2.45, 2.75) is 25.4 Å². The van der Waals surface area contributed by atoms with Gasteiger partial charge in [-0.05, 0) is 36.6 Å². The minimum atomic E-state index is -0.391. The Morgan fingerprint density at radius 1 is 1.35 bits per heavy atom. The van der Waals surface area contributed by atoms with Gasteiger partial charge in [0.05, 0.1) is 13.2 Å². The zero-order chi connectivity index (χ0) is 12.7. The Morgan fingerprint density at radius 2 is 2.12 bits per heavy atom. The van der Waals surface area contributed by atoms with E-state index in [4.69, 9.17) is 21.1 Å². The third kappa shape index (κ3) is 4.94. The van der Waals surface area contributed by atoms with Crippen molar-refractivity contribution in [2.75, 3.05) is 20.8 Å². The first-order valence-electron chi connectivity index (χ1n) is 5.66. The molecule has 1 N–H and O–H groups in total. The molecule has 0 aliphatic heterocycles. The SMILES string of the molecule is COCCCC(O)Cc1cc(Cl)ccc1OC. The first kappa shape index (κ1) is 14.3. The molecule has 17 heavy (non-hydrogen) atoms. The summed E-state index contributed by atoms with van der Waals surface area (Å²) in [4.78, 5) is 0. The van der Waals surface area contributed by atoms with Crippen LogP contribution in [0.25, 0.3) is 0 Å². The number of halogens is 1. The minimum absolute atomic E-state index is 0.391. The third-order valence-electron chi connectivity index (χ3n) is 2.58. The monoisotopic (exact) mass is 258 g/mol. The molecule has 0 saturated heterocycles. The van der Waals surface area contributed by atoms with E-state index in [-0.39, 0.29) is 0 Å². The molecule has 1 rings (SSSR count). The fraction of sp³-hybridized carbons (Fsp3) is 0.538. The van der Waals surface area contributed by atoms with E-state index in [2.05, 4.69) is 0 Å². The van der Waals surface area contributed by atoms with Crippen LogP contribution in [0.4, 0.5) is 0 Å². The van der Waals surface area contributed by atoms with Crippen molar-refractivity contribution in [2.24, 2.45) is 0 Å². The maximum atomic E-state index is 9.89. The van der Waals surface area contributed by atoms with Gasteiger partial charge in [0, 0.05) is 25.2 Å². The van der Waals surface area contributed by atoms with Gasteiger partial charge in [0.2, 0.25) is 0 Å². The van der Waals surface area contributed by atoms with Gasteiger partial charge in [-0.2, -0.15) is 0 Å². The molecule has 0 aromatic heterocycles. The number of hydrogen-bond acceptors (Lipinski definition) is 3. The second kappa shape index (κ2) is 7.54. The Hall–Kier alpha value is -0.770. The number of rotatable bonds is 7. The van der Waals surface area contributed by atoms with Crippen LogP contribution in [-0.2, 0) is 11.2 Å². The van der Waals surface area contributed by atoms with E-state index < -0.39 is 6.10 Å². The average molecular weight is 259 g/mol. The van der Waals surface area contributed by atoms with Crippen LogP contribution in [-0.4, -0.2) is 32.0 Å². The van der Waals surface area contributed by atoms with Gasteiger partial charge in [0.25, 0.3) is 0 Å². The molecule has 1 unspecified atom stereocenters. The molecule has 0 heterocycles. The van der Waals surface area contributed by atoms with E-state index in [1.54, 1.807) is 20.3 Å². The summed E-state index contributed by atoms with van der Waals surface area (Å²) in [5.41, 5.74) is 0.935. The second-order valence-electron chi connectivity index (χ2n) is 3.95. The molecule has 3 nitrogen and oxygen atoms in total. The predicted molar refractivity (Wildman–Crippen MR) is 68.8 cm³/mol. The molecule has 0 spiro atoms. The second-order valence-corrected chi connectivity index (χ2v) is 4.39. The fourth-order valence-electron chi connectivity index (χ4n) is 1.73. The highest BCUT2D eigenvalue weighted by Gasteiger charge is 2.10. The lowest BCUT2D eigenvalue weighted by atomic mass is 10.0. The standard InChI is InChI=1S/C13H19ClO3/c1-16-7-3-4-12(15)9-10-8-11(14)5-6-13(10)17-2/h5-6,8,12,15H,3-4,7,9H2,1-2H3. The largest absolute Gasteiger partial charge is 0.496 e. The van der Waals surface area contributed by atoms with Crippen molar-refractivity contribution in [3.8, 4) is 5.75 Å².